The van der Waals surface area contributed by atoms with Crippen molar-refractivity contribution in [2.75, 3.05) is 0 Å². The van der Waals surface area contributed by atoms with Gasteiger partial charge in [-0.1, -0.05) is 24.3 Å². The molecule has 24 heavy (non-hydrogen) atoms. The lowest BCUT2D eigenvalue weighted by Crippen LogP contribution is -2.41. The van der Waals surface area contributed by atoms with E-state index in [0.29, 0.717) is 10.6 Å². The monoisotopic (exact) mass is 337 g/mol. The van der Waals surface area contributed by atoms with Crippen LogP contribution in [0.3, 0.4) is 0 Å². The molecule has 2 N–H and O–H groups in total. The van der Waals surface area contributed by atoms with E-state index in [1.165, 1.54) is 21.8 Å². The van der Waals surface area contributed by atoms with Gasteiger partial charge in [0.2, 0.25) is 0 Å². The fourth-order valence-corrected chi connectivity index (χ4v) is 4.12. The van der Waals surface area contributed by atoms with E-state index in [4.69, 9.17) is 0 Å². The summed E-state index contributed by atoms with van der Waals surface area (Å²) in [7, 11) is 0. The summed E-state index contributed by atoms with van der Waals surface area (Å²) in [6.07, 6.45) is 4.82. The Morgan fingerprint density at radius 2 is 1.88 bits per heavy atom. The number of thiophene rings is 1. The first kappa shape index (κ1) is 14.8. The second-order valence-corrected chi connectivity index (χ2v) is 6.84. The van der Waals surface area contributed by atoms with Crippen LogP contribution >= 0.6 is 11.3 Å². The second kappa shape index (κ2) is 6.05. The third-order valence-electron chi connectivity index (χ3n) is 4.15. The Hall–Kier alpha value is -2.73. The van der Waals surface area contributed by atoms with Crippen LogP contribution in [0.4, 0.5) is 0 Å². The van der Waals surface area contributed by atoms with Crippen LogP contribution in [0.5, 0.6) is 0 Å². The Balaban J connectivity index is 1.48. The smallest absolute Gasteiger partial charge is 0.266 e. The van der Waals surface area contributed by atoms with Crippen LogP contribution < -0.4 is 10.9 Å². The van der Waals surface area contributed by atoms with Gasteiger partial charge in [0.1, 0.15) is 5.69 Å². The number of hydrazine groups is 1. The molecule has 0 atom stereocenters. The quantitative estimate of drug-likeness (QED) is 0.706. The van der Waals surface area contributed by atoms with Gasteiger partial charge in [0, 0.05) is 16.5 Å². The Morgan fingerprint density at radius 1 is 1.04 bits per heavy atom. The molecule has 0 spiro atoms. The van der Waals surface area contributed by atoms with Crippen molar-refractivity contribution in [3.8, 4) is 0 Å². The molecule has 0 saturated carbocycles. The Labute approximate surface area is 142 Å². The van der Waals surface area contributed by atoms with Gasteiger partial charge in [0.15, 0.2) is 0 Å². The van der Waals surface area contributed by atoms with E-state index in [1.807, 2.05) is 36.4 Å². The van der Waals surface area contributed by atoms with Crippen LogP contribution in [0.1, 0.15) is 37.0 Å². The van der Waals surface area contributed by atoms with Gasteiger partial charge in [-0.15, -0.1) is 11.3 Å². The molecule has 2 heterocycles. The number of benzene rings is 1. The van der Waals surface area contributed by atoms with E-state index in [0.717, 1.165) is 30.0 Å². The molecule has 0 unspecified atom stereocenters. The number of rotatable bonds is 2. The summed E-state index contributed by atoms with van der Waals surface area (Å²) in [5, 5.41) is 1.68. The molecule has 120 valence electrons. The molecule has 0 saturated heterocycles. The lowest BCUT2D eigenvalue weighted by atomic mass is 10.1. The number of carbonyl (C=O) groups is 2. The molecule has 2 amide bonds. The SMILES string of the molecule is O=C(NNC(=O)c1nccc2ccccc12)c1cc2c(s1)CCC2. The van der Waals surface area contributed by atoms with E-state index in [-0.39, 0.29) is 5.91 Å². The highest BCUT2D eigenvalue weighted by Gasteiger charge is 2.19. The number of fused-ring (bicyclic) bond motifs is 2. The topological polar surface area (TPSA) is 71.1 Å². The number of nitrogens with one attached hydrogen (secondary N) is 2. The van der Waals surface area contributed by atoms with Crippen molar-refractivity contribution in [3.63, 3.8) is 0 Å². The summed E-state index contributed by atoms with van der Waals surface area (Å²) in [5.74, 6) is -0.716. The minimum atomic E-state index is -0.427. The van der Waals surface area contributed by atoms with Gasteiger partial charge >= 0.3 is 0 Å². The summed E-state index contributed by atoms with van der Waals surface area (Å²) < 4.78 is 0. The van der Waals surface area contributed by atoms with Crippen molar-refractivity contribution >= 4 is 33.9 Å². The number of aryl methyl sites for hydroxylation is 2. The highest BCUT2D eigenvalue weighted by Crippen LogP contribution is 2.30. The molecule has 1 aliphatic carbocycles. The first-order valence-electron chi connectivity index (χ1n) is 7.78. The van der Waals surface area contributed by atoms with Crippen LogP contribution in [-0.4, -0.2) is 16.8 Å². The molecular weight excluding hydrogens is 322 g/mol. The van der Waals surface area contributed by atoms with Crippen LogP contribution in [-0.2, 0) is 12.8 Å². The fourth-order valence-electron chi connectivity index (χ4n) is 2.98. The first-order valence-corrected chi connectivity index (χ1v) is 8.60. The highest BCUT2D eigenvalue weighted by atomic mass is 32.1. The zero-order valence-corrected chi connectivity index (χ0v) is 13.7. The maximum Gasteiger partial charge on any atom is 0.288 e. The standard InChI is InChI=1S/C18H15N3O2S/c22-17(15-10-12-5-3-7-14(12)24-15)20-21-18(23)16-13-6-2-1-4-11(13)8-9-19-16/h1-2,4,6,8-10H,3,5,7H2,(H,20,22)(H,21,23). The molecule has 3 aromatic rings. The molecule has 6 heteroatoms. The number of aromatic nitrogens is 1. The van der Waals surface area contributed by atoms with Crippen molar-refractivity contribution in [2.45, 2.75) is 19.3 Å². The van der Waals surface area contributed by atoms with Crippen LogP contribution in [0.15, 0.2) is 42.6 Å². The lowest BCUT2D eigenvalue weighted by molar-refractivity contribution is 0.0847. The van der Waals surface area contributed by atoms with Gasteiger partial charge in [0.05, 0.1) is 4.88 Å². The third-order valence-corrected chi connectivity index (χ3v) is 5.38. The van der Waals surface area contributed by atoms with Crippen LogP contribution in [0, 0.1) is 0 Å². The molecule has 0 fully saturated rings. The zero-order chi connectivity index (χ0) is 16.5. The largest absolute Gasteiger partial charge is 0.288 e. The van der Waals surface area contributed by atoms with Crippen molar-refractivity contribution in [1.29, 1.82) is 0 Å². The molecule has 1 aromatic carbocycles. The Kier molecular flexibility index (Phi) is 3.74. The summed E-state index contributed by atoms with van der Waals surface area (Å²) in [4.78, 5) is 30.6. The van der Waals surface area contributed by atoms with Crippen LogP contribution in [0.2, 0.25) is 0 Å². The zero-order valence-electron chi connectivity index (χ0n) is 12.8. The molecule has 0 radical (unpaired) electrons. The van der Waals surface area contributed by atoms with Crippen LogP contribution in [0.25, 0.3) is 10.8 Å². The molecule has 0 bridgehead atoms. The predicted octanol–water partition coefficient (Wildman–Crippen LogP) is 2.86. The first-order chi connectivity index (χ1) is 11.7. The maximum atomic E-state index is 12.3. The minimum absolute atomic E-state index is 0.289. The highest BCUT2D eigenvalue weighted by molar-refractivity contribution is 7.14. The van der Waals surface area contributed by atoms with E-state index >= 15 is 0 Å². The summed E-state index contributed by atoms with van der Waals surface area (Å²) in [5.41, 5.74) is 6.49. The average molecular weight is 337 g/mol. The number of nitrogens with zero attached hydrogens (tertiary/aromatic N) is 1. The third kappa shape index (κ3) is 2.65. The minimum Gasteiger partial charge on any atom is -0.266 e. The number of pyridine rings is 1. The number of hydrogen-bond acceptors (Lipinski definition) is 4. The fraction of sp³-hybridized carbons (Fsp3) is 0.167. The molecular formula is C18H15N3O2S. The van der Waals surface area contributed by atoms with Crippen molar-refractivity contribution in [1.82, 2.24) is 15.8 Å². The average Bonchev–Trinajstić information content (AvgIpc) is 3.20. The van der Waals surface area contributed by atoms with E-state index in [2.05, 4.69) is 15.8 Å². The number of carbonyl (C=O) groups excluding carboxylic acids is 2. The number of hydrogen-bond donors (Lipinski definition) is 2. The summed E-state index contributed by atoms with van der Waals surface area (Å²) >= 11 is 1.50. The molecule has 4 rings (SSSR count). The van der Waals surface area contributed by atoms with Crippen molar-refractivity contribution < 1.29 is 9.59 Å². The lowest BCUT2D eigenvalue weighted by Gasteiger charge is -2.08. The summed E-state index contributed by atoms with van der Waals surface area (Å²) in [6.45, 7) is 0. The summed E-state index contributed by atoms with van der Waals surface area (Å²) in [6, 6.07) is 11.3. The molecule has 2 aromatic heterocycles. The van der Waals surface area contributed by atoms with Crippen molar-refractivity contribution in [3.05, 3.63) is 63.6 Å². The molecule has 5 nitrogen and oxygen atoms in total. The van der Waals surface area contributed by atoms with E-state index < -0.39 is 5.91 Å². The normalized spacial score (nSPS) is 12.8. The van der Waals surface area contributed by atoms with Gasteiger partial charge < -0.3 is 0 Å². The second-order valence-electron chi connectivity index (χ2n) is 5.70. The predicted molar refractivity (Wildman–Crippen MR) is 93.0 cm³/mol. The van der Waals surface area contributed by atoms with Gasteiger partial charge in [-0.05, 0) is 42.3 Å². The van der Waals surface area contributed by atoms with Gasteiger partial charge in [-0.3, -0.25) is 25.4 Å². The Bertz CT molecular complexity index is 922. The van der Waals surface area contributed by atoms with E-state index in [9.17, 15) is 9.59 Å². The van der Waals surface area contributed by atoms with Crippen molar-refractivity contribution in [2.24, 2.45) is 0 Å². The molecule has 1 aliphatic rings. The number of amides is 2. The maximum absolute atomic E-state index is 12.3. The van der Waals surface area contributed by atoms with Gasteiger partial charge in [-0.25, -0.2) is 0 Å². The molecule has 0 aliphatic heterocycles. The van der Waals surface area contributed by atoms with E-state index in [1.54, 1.807) is 6.20 Å². The van der Waals surface area contributed by atoms with Gasteiger partial charge in [0.25, 0.3) is 11.8 Å². The Morgan fingerprint density at radius 3 is 2.75 bits per heavy atom. The van der Waals surface area contributed by atoms with Gasteiger partial charge in [-0.2, -0.15) is 0 Å².